The van der Waals surface area contributed by atoms with Crippen LogP contribution < -0.4 is 14.8 Å². The third-order valence-corrected chi connectivity index (χ3v) is 3.93. The Morgan fingerprint density at radius 1 is 1.11 bits per heavy atom. The van der Waals surface area contributed by atoms with Crippen molar-refractivity contribution >= 4 is 11.9 Å². The van der Waals surface area contributed by atoms with Gasteiger partial charge in [0.25, 0.3) is 0 Å². The lowest BCUT2D eigenvalue weighted by Gasteiger charge is -2.13. The standard InChI is InChI=1S/C20H23NO6/c1-3-4-9-21-20(25)27-18-11-14(26-2)6-8-16(18)19(24)15-7-5-13(12-22)10-17(15)23/h5-8,10-11,22-23H,3-4,9,12H2,1-2H3,(H,21,25). The van der Waals surface area contributed by atoms with Crippen LogP contribution in [0, 0.1) is 0 Å². The molecule has 0 radical (unpaired) electrons. The van der Waals surface area contributed by atoms with E-state index < -0.39 is 11.9 Å². The number of unbranched alkanes of at least 4 members (excludes halogenated alkanes) is 1. The molecule has 0 saturated carbocycles. The largest absolute Gasteiger partial charge is 0.507 e. The maximum absolute atomic E-state index is 12.9. The molecule has 0 saturated heterocycles. The number of carbonyl (C=O) groups excluding carboxylic acids is 2. The van der Waals surface area contributed by atoms with Crippen LogP contribution in [0.3, 0.4) is 0 Å². The minimum Gasteiger partial charge on any atom is -0.507 e. The summed E-state index contributed by atoms with van der Waals surface area (Å²) in [6.07, 6.45) is 1.06. The van der Waals surface area contributed by atoms with E-state index in [1.165, 1.54) is 37.4 Å². The minimum atomic E-state index is -0.675. The van der Waals surface area contributed by atoms with Gasteiger partial charge in [-0.2, -0.15) is 0 Å². The number of benzene rings is 2. The molecule has 0 spiro atoms. The Balaban J connectivity index is 2.32. The van der Waals surface area contributed by atoms with Crippen LogP contribution in [0.5, 0.6) is 17.2 Å². The Hall–Kier alpha value is -3.06. The molecule has 3 N–H and O–H groups in total. The summed E-state index contributed by atoms with van der Waals surface area (Å²) >= 11 is 0. The van der Waals surface area contributed by atoms with Gasteiger partial charge in [0, 0.05) is 12.6 Å². The number of carbonyl (C=O) groups is 2. The van der Waals surface area contributed by atoms with Gasteiger partial charge in [-0.25, -0.2) is 4.79 Å². The number of ketones is 1. The Morgan fingerprint density at radius 3 is 2.48 bits per heavy atom. The Bertz CT molecular complexity index is 818. The van der Waals surface area contributed by atoms with Gasteiger partial charge in [-0.3, -0.25) is 4.79 Å². The normalized spacial score (nSPS) is 10.3. The first-order valence-electron chi connectivity index (χ1n) is 8.61. The number of amides is 1. The maximum Gasteiger partial charge on any atom is 0.412 e. The van der Waals surface area contributed by atoms with E-state index in [0.29, 0.717) is 17.9 Å². The highest BCUT2D eigenvalue weighted by molar-refractivity contribution is 6.12. The second-order valence-corrected chi connectivity index (χ2v) is 5.87. The van der Waals surface area contributed by atoms with Gasteiger partial charge in [0.1, 0.15) is 17.2 Å². The number of aliphatic hydroxyl groups is 1. The summed E-state index contributed by atoms with van der Waals surface area (Å²) in [5.41, 5.74) is 0.618. The highest BCUT2D eigenvalue weighted by Gasteiger charge is 2.20. The topological polar surface area (TPSA) is 105 Å². The molecule has 1 amide bonds. The third-order valence-electron chi connectivity index (χ3n) is 3.93. The molecule has 0 fully saturated rings. The van der Waals surface area contributed by atoms with Crippen LogP contribution in [-0.2, 0) is 6.61 Å². The number of phenols is 1. The van der Waals surface area contributed by atoms with Crippen molar-refractivity contribution < 1.29 is 29.3 Å². The molecule has 0 atom stereocenters. The first-order valence-corrected chi connectivity index (χ1v) is 8.61. The number of ether oxygens (including phenoxy) is 2. The fraction of sp³-hybridized carbons (Fsp3) is 0.300. The first-order chi connectivity index (χ1) is 13.0. The Morgan fingerprint density at radius 2 is 1.85 bits per heavy atom. The lowest BCUT2D eigenvalue weighted by molar-refractivity contribution is 0.103. The fourth-order valence-corrected chi connectivity index (χ4v) is 2.42. The molecule has 0 bridgehead atoms. The van der Waals surface area contributed by atoms with Gasteiger partial charge in [0.15, 0.2) is 5.78 Å². The van der Waals surface area contributed by atoms with Crippen molar-refractivity contribution in [2.24, 2.45) is 0 Å². The average Bonchev–Trinajstić information content (AvgIpc) is 2.67. The van der Waals surface area contributed by atoms with Crippen LogP contribution in [0.15, 0.2) is 36.4 Å². The van der Waals surface area contributed by atoms with Crippen molar-refractivity contribution in [3.63, 3.8) is 0 Å². The molecule has 0 aromatic heterocycles. The van der Waals surface area contributed by atoms with Gasteiger partial charge in [-0.15, -0.1) is 0 Å². The van der Waals surface area contributed by atoms with E-state index >= 15 is 0 Å². The number of rotatable bonds is 8. The summed E-state index contributed by atoms with van der Waals surface area (Å²) in [4.78, 5) is 24.8. The fourth-order valence-electron chi connectivity index (χ4n) is 2.42. The van der Waals surface area contributed by atoms with Crippen molar-refractivity contribution in [3.8, 4) is 17.2 Å². The molecule has 7 nitrogen and oxygen atoms in total. The predicted molar refractivity (Wildman–Crippen MR) is 99.4 cm³/mol. The van der Waals surface area contributed by atoms with E-state index in [4.69, 9.17) is 14.6 Å². The monoisotopic (exact) mass is 373 g/mol. The SMILES string of the molecule is CCCCNC(=O)Oc1cc(OC)ccc1C(=O)c1ccc(CO)cc1O. The number of aliphatic hydroxyl groups excluding tert-OH is 1. The predicted octanol–water partition coefficient (Wildman–Crippen LogP) is 3.01. The molecule has 7 heteroatoms. The molecular weight excluding hydrogens is 350 g/mol. The van der Waals surface area contributed by atoms with Crippen LogP contribution in [0.25, 0.3) is 0 Å². The van der Waals surface area contributed by atoms with Crippen molar-refractivity contribution in [2.45, 2.75) is 26.4 Å². The highest BCUT2D eigenvalue weighted by Crippen LogP contribution is 2.30. The number of aromatic hydroxyl groups is 1. The third kappa shape index (κ3) is 5.21. The molecule has 2 aromatic carbocycles. The van der Waals surface area contributed by atoms with E-state index in [9.17, 15) is 14.7 Å². The van der Waals surface area contributed by atoms with Crippen molar-refractivity contribution in [2.75, 3.05) is 13.7 Å². The molecule has 0 aliphatic heterocycles. The second-order valence-electron chi connectivity index (χ2n) is 5.87. The molecule has 0 aliphatic carbocycles. The van der Waals surface area contributed by atoms with Gasteiger partial charge < -0.3 is 25.0 Å². The van der Waals surface area contributed by atoms with Crippen LogP contribution in [0.2, 0.25) is 0 Å². The number of nitrogens with one attached hydrogen (secondary N) is 1. The van der Waals surface area contributed by atoms with E-state index in [0.717, 1.165) is 12.8 Å². The molecule has 2 rings (SSSR count). The quantitative estimate of drug-likeness (QED) is 0.485. The van der Waals surface area contributed by atoms with E-state index in [1.807, 2.05) is 6.92 Å². The van der Waals surface area contributed by atoms with Gasteiger partial charge in [0.05, 0.1) is 24.8 Å². The van der Waals surface area contributed by atoms with Crippen LogP contribution in [-0.4, -0.2) is 35.7 Å². The number of phenolic OH excluding ortho intramolecular Hbond substituents is 1. The second kappa shape index (κ2) is 9.59. The summed E-state index contributed by atoms with van der Waals surface area (Å²) in [6, 6.07) is 8.73. The minimum absolute atomic E-state index is 0.0268. The average molecular weight is 373 g/mol. The maximum atomic E-state index is 12.9. The van der Waals surface area contributed by atoms with E-state index in [1.54, 1.807) is 6.07 Å². The summed E-state index contributed by atoms with van der Waals surface area (Å²) in [5, 5.41) is 21.8. The molecule has 0 unspecified atom stereocenters. The summed E-state index contributed by atoms with van der Waals surface area (Å²) < 4.78 is 10.4. The highest BCUT2D eigenvalue weighted by atomic mass is 16.6. The van der Waals surface area contributed by atoms with Crippen LogP contribution in [0.1, 0.15) is 41.3 Å². The molecule has 27 heavy (non-hydrogen) atoms. The van der Waals surface area contributed by atoms with Crippen LogP contribution >= 0.6 is 0 Å². The summed E-state index contributed by atoms with van der Waals surface area (Å²) in [5.74, 6) is -0.335. The van der Waals surface area contributed by atoms with E-state index in [2.05, 4.69) is 5.32 Å². The number of methoxy groups -OCH3 is 1. The van der Waals surface area contributed by atoms with Crippen molar-refractivity contribution in [1.29, 1.82) is 0 Å². The first kappa shape index (κ1) is 20.3. The zero-order chi connectivity index (χ0) is 19.8. The number of hydrogen-bond donors (Lipinski definition) is 3. The van der Waals surface area contributed by atoms with Gasteiger partial charge >= 0.3 is 6.09 Å². The number of hydrogen-bond acceptors (Lipinski definition) is 6. The van der Waals surface area contributed by atoms with Gasteiger partial charge in [0.2, 0.25) is 0 Å². The smallest absolute Gasteiger partial charge is 0.412 e. The van der Waals surface area contributed by atoms with Gasteiger partial charge in [-0.05, 0) is 36.2 Å². The molecule has 0 heterocycles. The molecular formula is C20H23NO6. The Labute approximate surface area is 157 Å². The van der Waals surface area contributed by atoms with Crippen molar-refractivity contribution in [3.05, 3.63) is 53.1 Å². The van der Waals surface area contributed by atoms with E-state index in [-0.39, 0.29) is 29.2 Å². The lowest BCUT2D eigenvalue weighted by Crippen LogP contribution is -2.28. The lowest BCUT2D eigenvalue weighted by atomic mass is 10.00. The molecule has 2 aromatic rings. The summed E-state index contributed by atoms with van der Waals surface area (Å²) in [7, 11) is 1.46. The zero-order valence-corrected chi connectivity index (χ0v) is 15.3. The molecule has 0 aliphatic rings. The van der Waals surface area contributed by atoms with Crippen LogP contribution in [0.4, 0.5) is 4.79 Å². The zero-order valence-electron chi connectivity index (χ0n) is 15.3. The summed E-state index contributed by atoms with van der Waals surface area (Å²) in [6.45, 7) is 2.21. The molecule has 144 valence electrons. The van der Waals surface area contributed by atoms with Crippen molar-refractivity contribution in [1.82, 2.24) is 5.32 Å². The van der Waals surface area contributed by atoms with Gasteiger partial charge in [-0.1, -0.05) is 19.4 Å². The Kier molecular flexibility index (Phi) is 7.19.